The number of carbonyl (C=O) groups excluding carboxylic acids is 3. The normalized spacial score (nSPS) is 15.1. The van der Waals surface area contributed by atoms with Gasteiger partial charge in [0, 0.05) is 26.4 Å². The maximum atomic E-state index is 11.7. The van der Waals surface area contributed by atoms with Gasteiger partial charge < -0.3 is 10.1 Å². The first kappa shape index (κ1) is 14.1. The summed E-state index contributed by atoms with van der Waals surface area (Å²) in [5, 5.41) is 7.59. The van der Waals surface area contributed by atoms with Gasteiger partial charge in [0.05, 0.1) is 13.0 Å². The summed E-state index contributed by atoms with van der Waals surface area (Å²) >= 11 is 0. The van der Waals surface area contributed by atoms with Crippen molar-refractivity contribution in [3.05, 3.63) is 0 Å². The number of ether oxygens (including phenoxy) is 1. The second kappa shape index (κ2) is 6.73. The summed E-state index contributed by atoms with van der Waals surface area (Å²) in [6.07, 6.45) is 0.733. The van der Waals surface area contributed by atoms with E-state index in [1.165, 1.54) is 7.05 Å². The molecule has 0 aliphatic carbocycles. The quantitative estimate of drug-likeness (QED) is 0.681. The van der Waals surface area contributed by atoms with Crippen molar-refractivity contribution < 1.29 is 19.1 Å². The fourth-order valence-electron chi connectivity index (χ4n) is 1.45. The van der Waals surface area contributed by atoms with Gasteiger partial charge >= 0.3 is 5.97 Å². The van der Waals surface area contributed by atoms with Crippen LogP contribution in [-0.2, 0) is 19.1 Å². The number of hydrazone groups is 1. The molecule has 0 saturated heterocycles. The molecule has 0 bridgehead atoms. The second-order valence-corrected chi connectivity index (χ2v) is 3.77. The zero-order chi connectivity index (χ0) is 13.5. The van der Waals surface area contributed by atoms with Gasteiger partial charge in [-0.2, -0.15) is 5.10 Å². The molecule has 0 aromatic carbocycles. The molecule has 2 amide bonds. The van der Waals surface area contributed by atoms with Crippen molar-refractivity contribution in [2.45, 2.75) is 26.2 Å². The summed E-state index contributed by atoms with van der Waals surface area (Å²) in [6, 6.07) is 0. The molecule has 0 aromatic heterocycles. The Morgan fingerprint density at radius 3 is 2.78 bits per heavy atom. The third-order valence-electron chi connectivity index (χ3n) is 2.39. The SMILES string of the molecule is CCOC(=O)CCNC(=O)C1=NN(C)C(=O)CC1. The predicted octanol–water partition coefficient (Wildman–Crippen LogP) is -0.336. The van der Waals surface area contributed by atoms with Gasteiger partial charge in [0.2, 0.25) is 5.91 Å². The molecule has 1 heterocycles. The van der Waals surface area contributed by atoms with Crippen LogP contribution in [0.1, 0.15) is 26.2 Å². The number of nitrogens with one attached hydrogen (secondary N) is 1. The Hall–Kier alpha value is -1.92. The molecule has 1 aliphatic rings. The third-order valence-corrected chi connectivity index (χ3v) is 2.39. The van der Waals surface area contributed by atoms with Crippen LogP contribution < -0.4 is 5.32 Å². The van der Waals surface area contributed by atoms with E-state index in [0.29, 0.717) is 18.7 Å². The van der Waals surface area contributed by atoms with Crippen LogP contribution in [-0.4, -0.2) is 48.7 Å². The molecule has 0 atom stereocenters. The lowest BCUT2D eigenvalue weighted by Crippen LogP contribution is -2.38. The van der Waals surface area contributed by atoms with E-state index in [-0.39, 0.29) is 37.2 Å². The van der Waals surface area contributed by atoms with Crippen molar-refractivity contribution in [3.8, 4) is 0 Å². The smallest absolute Gasteiger partial charge is 0.307 e. The minimum atomic E-state index is -0.351. The van der Waals surface area contributed by atoms with E-state index in [9.17, 15) is 14.4 Å². The lowest BCUT2D eigenvalue weighted by Gasteiger charge is -2.18. The van der Waals surface area contributed by atoms with Crippen molar-refractivity contribution in [1.29, 1.82) is 0 Å². The average molecular weight is 255 g/mol. The number of rotatable bonds is 5. The van der Waals surface area contributed by atoms with Crippen molar-refractivity contribution in [3.63, 3.8) is 0 Å². The summed E-state index contributed by atoms with van der Waals surface area (Å²) in [5.41, 5.74) is 0.306. The van der Waals surface area contributed by atoms with E-state index in [1.807, 2.05) is 0 Å². The van der Waals surface area contributed by atoms with E-state index in [1.54, 1.807) is 6.92 Å². The van der Waals surface area contributed by atoms with Gasteiger partial charge in [0.25, 0.3) is 5.91 Å². The highest BCUT2D eigenvalue weighted by molar-refractivity contribution is 6.39. The van der Waals surface area contributed by atoms with Crippen LogP contribution in [0.4, 0.5) is 0 Å². The van der Waals surface area contributed by atoms with Crippen LogP contribution in [0.5, 0.6) is 0 Å². The molecule has 1 rings (SSSR count). The summed E-state index contributed by atoms with van der Waals surface area (Å²) < 4.78 is 4.73. The zero-order valence-electron chi connectivity index (χ0n) is 10.6. The molecule has 1 aliphatic heterocycles. The Morgan fingerprint density at radius 2 is 2.17 bits per heavy atom. The van der Waals surface area contributed by atoms with E-state index in [0.717, 1.165) is 5.01 Å². The molecule has 18 heavy (non-hydrogen) atoms. The molecule has 7 nitrogen and oxygen atoms in total. The average Bonchev–Trinajstić information content (AvgIpc) is 2.33. The molecule has 0 radical (unpaired) electrons. The van der Waals surface area contributed by atoms with Gasteiger partial charge in [0.15, 0.2) is 0 Å². The van der Waals surface area contributed by atoms with Gasteiger partial charge in [-0.1, -0.05) is 0 Å². The van der Waals surface area contributed by atoms with Gasteiger partial charge in [-0.15, -0.1) is 0 Å². The van der Waals surface area contributed by atoms with Crippen molar-refractivity contribution in [2.75, 3.05) is 20.2 Å². The molecule has 0 saturated carbocycles. The summed E-state index contributed by atoms with van der Waals surface area (Å²) in [6.45, 7) is 2.25. The van der Waals surface area contributed by atoms with Gasteiger partial charge in [-0.3, -0.25) is 14.4 Å². The first-order valence-electron chi connectivity index (χ1n) is 5.82. The molecule has 0 unspecified atom stereocenters. The predicted molar refractivity (Wildman–Crippen MR) is 63.7 cm³/mol. The monoisotopic (exact) mass is 255 g/mol. The minimum absolute atomic E-state index is 0.113. The van der Waals surface area contributed by atoms with Crippen molar-refractivity contribution in [1.82, 2.24) is 10.3 Å². The molecule has 0 spiro atoms. The number of hydrogen-bond acceptors (Lipinski definition) is 5. The van der Waals surface area contributed by atoms with Crippen LogP contribution >= 0.6 is 0 Å². The summed E-state index contributed by atoms with van der Waals surface area (Å²) in [4.78, 5) is 33.9. The van der Waals surface area contributed by atoms with Crippen LogP contribution in [0.15, 0.2) is 5.10 Å². The topological polar surface area (TPSA) is 88.1 Å². The largest absolute Gasteiger partial charge is 0.466 e. The molecule has 0 aromatic rings. The minimum Gasteiger partial charge on any atom is -0.466 e. The Balaban J connectivity index is 2.35. The third kappa shape index (κ3) is 4.15. The van der Waals surface area contributed by atoms with Gasteiger partial charge in [-0.25, -0.2) is 5.01 Å². The first-order chi connectivity index (χ1) is 8.54. The first-order valence-corrected chi connectivity index (χ1v) is 5.82. The Bertz CT molecular complexity index is 378. The zero-order valence-corrected chi connectivity index (χ0v) is 10.6. The number of hydrogen-bond donors (Lipinski definition) is 1. The molecule has 0 fully saturated rings. The standard InChI is InChI=1S/C11H17N3O4/c1-3-18-10(16)6-7-12-11(17)8-4-5-9(15)14(2)13-8/h3-7H2,1-2H3,(H,12,17). The highest BCUT2D eigenvalue weighted by Gasteiger charge is 2.21. The summed E-state index contributed by atoms with van der Waals surface area (Å²) in [5.74, 6) is -0.813. The number of carbonyl (C=O) groups is 3. The molecular weight excluding hydrogens is 238 g/mol. The molecule has 7 heteroatoms. The van der Waals surface area contributed by atoms with E-state index in [2.05, 4.69) is 10.4 Å². The van der Waals surface area contributed by atoms with Crippen LogP contribution in [0.25, 0.3) is 0 Å². The molecule has 1 N–H and O–H groups in total. The van der Waals surface area contributed by atoms with E-state index in [4.69, 9.17) is 4.74 Å². The maximum absolute atomic E-state index is 11.7. The highest BCUT2D eigenvalue weighted by atomic mass is 16.5. The highest BCUT2D eigenvalue weighted by Crippen LogP contribution is 2.06. The van der Waals surface area contributed by atoms with Gasteiger partial charge in [0.1, 0.15) is 5.71 Å². The van der Waals surface area contributed by atoms with Crippen molar-refractivity contribution in [2.24, 2.45) is 5.10 Å². The second-order valence-electron chi connectivity index (χ2n) is 3.77. The van der Waals surface area contributed by atoms with E-state index < -0.39 is 0 Å². The fraction of sp³-hybridized carbons (Fsp3) is 0.636. The molecule has 100 valence electrons. The Kier molecular flexibility index (Phi) is 5.29. The van der Waals surface area contributed by atoms with Crippen molar-refractivity contribution >= 4 is 23.5 Å². The number of amides is 2. The lowest BCUT2D eigenvalue weighted by molar-refractivity contribution is -0.143. The van der Waals surface area contributed by atoms with Crippen LogP contribution in [0.2, 0.25) is 0 Å². The van der Waals surface area contributed by atoms with Crippen LogP contribution in [0, 0.1) is 0 Å². The summed E-state index contributed by atoms with van der Waals surface area (Å²) in [7, 11) is 1.51. The number of esters is 1. The molecular formula is C11H17N3O4. The van der Waals surface area contributed by atoms with E-state index >= 15 is 0 Å². The Labute approximate surface area is 105 Å². The van der Waals surface area contributed by atoms with Gasteiger partial charge in [-0.05, 0) is 6.92 Å². The Morgan fingerprint density at radius 1 is 1.44 bits per heavy atom. The maximum Gasteiger partial charge on any atom is 0.307 e. The lowest BCUT2D eigenvalue weighted by atomic mass is 10.1. The van der Waals surface area contributed by atoms with Crippen LogP contribution in [0.3, 0.4) is 0 Å². The number of nitrogens with zero attached hydrogens (tertiary/aromatic N) is 2. The fourth-order valence-corrected chi connectivity index (χ4v) is 1.45.